The van der Waals surface area contributed by atoms with Gasteiger partial charge in [0, 0.05) is 0 Å². The summed E-state index contributed by atoms with van der Waals surface area (Å²) in [7, 11) is 0. The minimum atomic E-state index is 1.22. The van der Waals surface area contributed by atoms with Gasteiger partial charge in [-0.3, -0.25) is 0 Å². The molecule has 0 heterocycles. The highest BCUT2D eigenvalue weighted by molar-refractivity contribution is 5.14. The lowest BCUT2D eigenvalue weighted by atomic mass is 10.0. The Hall–Kier alpha value is -1.04. The highest BCUT2D eigenvalue weighted by atomic mass is 14.0. The summed E-state index contributed by atoms with van der Waals surface area (Å²) < 4.78 is 0. The molecule has 0 aliphatic heterocycles. The predicted molar refractivity (Wildman–Crippen MR) is 136 cm³/mol. The molecule has 0 aliphatic carbocycles. The Kier molecular flexibility index (Phi) is 26.0. The molecule has 0 spiro atoms. The van der Waals surface area contributed by atoms with Gasteiger partial charge in [-0.25, -0.2) is 0 Å². The SMILES string of the molecule is C=CC=CC=CC=CCCCCCCCCCCCCCCCCCCCCC. The summed E-state index contributed by atoms with van der Waals surface area (Å²) in [5.41, 5.74) is 0. The molecule has 0 nitrogen and oxygen atoms in total. The number of allylic oxidation sites excluding steroid dienone is 7. The van der Waals surface area contributed by atoms with Crippen molar-refractivity contribution in [3.05, 3.63) is 49.1 Å². The maximum atomic E-state index is 3.65. The van der Waals surface area contributed by atoms with Crippen LogP contribution in [0.15, 0.2) is 49.1 Å². The summed E-state index contributed by atoms with van der Waals surface area (Å²) in [6.45, 7) is 5.95. The van der Waals surface area contributed by atoms with Crippen molar-refractivity contribution >= 4 is 0 Å². The second-order valence-corrected chi connectivity index (χ2v) is 8.59. The summed E-state index contributed by atoms with van der Waals surface area (Å²) >= 11 is 0. The van der Waals surface area contributed by atoms with E-state index >= 15 is 0 Å². The molecule has 0 aromatic heterocycles. The van der Waals surface area contributed by atoms with Gasteiger partial charge in [0.15, 0.2) is 0 Å². The molecule has 0 aromatic carbocycles. The van der Waals surface area contributed by atoms with Crippen LogP contribution in [0.3, 0.4) is 0 Å². The van der Waals surface area contributed by atoms with E-state index < -0.39 is 0 Å². The first-order valence-corrected chi connectivity index (χ1v) is 13.0. The molecule has 0 unspecified atom stereocenters. The summed E-state index contributed by atoms with van der Waals surface area (Å²) in [5.74, 6) is 0. The lowest BCUT2D eigenvalue weighted by Gasteiger charge is -2.03. The average molecular weight is 401 g/mol. The zero-order chi connectivity index (χ0) is 21.1. The molecule has 0 atom stereocenters. The number of rotatable bonds is 23. The quantitative estimate of drug-likeness (QED) is 0.118. The number of hydrogen-bond acceptors (Lipinski definition) is 0. The lowest BCUT2D eigenvalue weighted by molar-refractivity contribution is 0.523. The van der Waals surface area contributed by atoms with E-state index in [0.29, 0.717) is 0 Å². The highest BCUT2D eigenvalue weighted by Gasteiger charge is 1.95. The van der Waals surface area contributed by atoms with Gasteiger partial charge >= 0.3 is 0 Å². The van der Waals surface area contributed by atoms with Crippen LogP contribution >= 0.6 is 0 Å². The number of unbranched alkanes of at least 4 members (excludes halogenated alkanes) is 19. The second kappa shape index (κ2) is 27.0. The molecule has 0 rings (SSSR count). The van der Waals surface area contributed by atoms with Crippen LogP contribution in [0, 0.1) is 0 Å². The first kappa shape index (κ1) is 28.0. The fourth-order valence-electron chi connectivity index (χ4n) is 3.79. The van der Waals surface area contributed by atoms with E-state index in [1.54, 1.807) is 6.08 Å². The van der Waals surface area contributed by atoms with Crippen molar-refractivity contribution in [2.45, 2.75) is 135 Å². The predicted octanol–water partition coefficient (Wildman–Crippen LogP) is 10.7. The minimum Gasteiger partial charge on any atom is -0.0991 e. The van der Waals surface area contributed by atoms with Gasteiger partial charge in [-0.05, 0) is 12.8 Å². The molecule has 0 amide bonds. The number of hydrogen-bond donors (Lipinski definition) is 0. The van der Waals surface area contributed by atoms with E-state index in [1.807, 2.05) is 12.2 Å². The Morgan fingerprint density at radius 2 is 0.759 bits per heavy atom. The largest absolute Gasteiger partial charge is 0.0991 e. The molecular formula is C29H52. The van der Waals surface area contributed by atoms with Gasteiger partial charge in [0.2, 0.25) is 0 Å². The molecule has 0 aliphatic rings. The first-order valence-electron chi connectivity index (χ1n) is 13.0. The average Bonchev–Trinajstić information content (AvgIpc) is 2.74. The maximum Gasteiger partial charge on any atom is -0.0348 e. The van der Waals surface area contributed by atoms with Crippen molar-refractivity contribution in [3.63, 3.8) is 0 Å². The Morgan fingerprint density at radius 1 is 0.414 bits per heavy atom. The Labute approximate surface area is 184 Å². The van der Waals surface area contributed by atoms with Gasteiger partial charge in [0.1, 0.15) is 0 Å². The molecule has 168 valence electrons. The topological polar surface area (TPSA) is 0 Å². The Balaban J connectivity index is 3.10. The molecule has 0 fully saturated rings. The lowest BCUT2D eigenvalue weighted by Crippen LogP contribution is -1.84. The van der Waals surface area contributed by atoms with Crippen molar-refractivity contribution in [1.82, 2.24) is 0 Å². The zero-order valence-electron chi connectivity index (χ0n) is 19.9. The maximum absolute atomic E-state index is 3.65. The zero-order valence-corrected chi connectivity index (χ0v) is 19.9. The van der Waals surface area contributed by atoms with E-state index in [2.05, 4.69) is 37.8 Å². The van der Waals surface area contributed by atoms with Gasteiger partial charge in [0.25, 0.3) is 0 Å². The molecular weight excluding hydrogens is 348 g/mol. The monoisotopic (exact) mass is 400 g/mol. The van der Waals surface area contributed by atoms with Crippen LogP contribution in [0.25, 0.3) is 0 Å². The van der Waals surface area contributed by atoms with Gasteiger partial charge in [-0.15, -0.1) is 0 Å². The Bertz CT molecular complexity index is 385. The van der Waals surface area contributed by atoms with Crippen LogP contribution in [0.4, 0.5) is 0 Å². The normalized spacial score (nSPS) is 12.0. The van der Waals surface area contributed by atoms with Crippen LogP contribution in [0.5, 0.6) is 0 Å². The second-order valence-electron chi connectivity index (χ2n) is 8.59. The standard InChI is InChI=1S/C29H52/c1-3-5-7-9-11-13-15-17-19-21-23-25-27-29-28-26-24-22-20-18-16-14-12-10-8-6-4-2/h3,5,7,9,11,13,15H,1,4,6,8,10,12,14,16-29H2,2H3. The molecule has 29 heavy (non-hydrogen) atoms. The van der Waals surface area contributed by atoms with Crippen LogP contribution in [-0.4, -0.2) is 0 Å². The third-order valence-corrected chi connectivity index (χ3v) is 5.69. The fourth-order valence-corrected chi connectivity index (χ4v) is 3.79. The van der Waals surface area contributed by atoms with Gasteiger partial charge in [-0.1, -0.05) is 172 Å². The molecule has 0 bridgehead atoms. The van der Waals surface area contributed by atoms with Gasteiger partial charge < -0.3 is 0 Å². The van der Waals surface area contributed by atoms with Gasteiger partial charge in [0.05, 0.1) is 0 Å². The summed E-state index contributed by atoms with van der Waals surface area (Å²) in [6, 6.07) is 0. The van der Waals surface area contributed by atoms with E-state index in [1.165, 1.54) is 128 Å². The van der Waals surface area contributed by atoms with Crippen molar-refractivity contribution in [3.8, 4) is 0 Å². The van der Waals surface area contributed by atoms with E-state index in [0.717, 1.165) is 0 Å². The van der Waals surface area contributed by atoms with Crippen molar-refractivity contribution in [1.29, 1.82) is 0 Å². The van der Waals surface area contributed by atoms with Crippen LogP contribution < -0.4 is 0 Å². The third kappa shape index (κ3) is 27.0. The van der Waals surface area contributed by atoms with Crippen LogP contribution in [0.2, 0.25) is 0 Å². The highest BCUT2D eigenvalue weighted by Crippen LogP contribution is 2.14. The molecule has 0 N–H and O–H groups in total. The van der Waals surface area contributed by atoms with Crippen LogP contribution in [-0.2, 0) is 0 Å². The molecule has 0 saturated heterocycles. The summed E-state index contributed by atoms with van der Waals surface area (Å²) in [6.07, 6.45) is 43.0. The molecule has 0 radical (unpaired) electrons. The van der Waals surface area contributed by atoms with Crippen molar-refractivity contribution in [2.24, 2.45) is 0 Å². The summed E-state index contributed by atoms with van der Waals surface area (Å²) in [5, 5.41) is 0. The third-order valence-electron chi connectivity index (χ3n) is 5.69. The Morgan fingerprint density at radius 3 is 1.17 bits per heavy atom. The smallest absolute Gasteiger partial charge is 0.0348 e. The molecule has 0 saturated carbocycles. The van der Waals surface area contributed by atoms with E-state index in [-0.39, 0.29) is 0 Å². The van der Waals surface area contributed by atoms with E-state index in [4.69, 9.17) is 0 Å². The van der Waals surface area contributed by atoms with Crippen LogP contribution in [0.1, 0.15) is 135 Å². The van der Waals surface area contributed by atoms with E-state index in [9.17, 15) is 0 Å². The van der Waals surface area contributed by atoms with Crippen molar-refractivity contribution < 1.29 is 0 Å². The molecule has 0 aromatic rings. The minimum absolute atomic E-state index is 1.22. The fraction of sp³-hybridized carbons (Fsp3) is 0.724. The molecule has 0 heteroatoms. The van der Waals surface area contributed by atoms with Crippen molar-refractivity contribution in [2.75, 3.05) is 0 Å². The first-order chi connectivity index (χ1) is 14.4. The summed E-state index contributed by atoms with van der Waals surface area (Å²) in [4.78, 5) is 0. The van der Waals surface area contributed by atoms with Gasteiger partial charge in [-0.2, -0.15) is 0 Å².